The topological polar surface area (TPSA) is 21.3 Å². The fraction of sp³-hybridized carbons (Fsp3) is 0.600. The summed E-state index contributed by atoms with van der Waals surface area (Å²) in [6, 6.07) is 8.81. The molecule has 1 fully saturated rings. The summed E-state index contributed by atoms with van der Waals surface area (Å²) in [7, 11) is 0. The highest BCUT2D eigenvalue weighted by molar-refractivity contribution is 5.27. The third kappa shape index (κ3) is 3.47. The summed E-state index contributed by atoms with van der Waals surface area (Å²) >= 11 is 0. The lowest BCUT2D eigenvalue weighted by atomic mass is 10.0. The van der Waals surface area contributed by atoms with Crippen LogP contribution in [-0.2, 0) is 0 Å². The molecule has 0 spiro atoms. The Balaban J connectivity index is 1.66. The highest BCUT2D eigenvalue weighted by atomic mass is 16.5. The van der Waals surface area contributed by atoms with Crippen LogP contribution in [0.2, 0.25) is 0 Å². The van der Waals surface area contributed by atoms with Gasteiger partial charge in [0.1, 0.15) is 12.4 Å². The smallest absolute Gasteiger partial charge is 0.119 e. The third-order valence-corrected chi connectivity index (χ3v) is 3.89. The molecule has 17 heavy (non-hydrogen) atoms. The van der Waals surface area contributed by atoms with Crippen LogP contribution in [0.25, 0.3) is 0 Å². The fourth-order valence-corrected chi connectivity index (χ4v) is 2.03. The first-order valence-corrected chi connectivity index (χ1v) is 6.53. The summed E-state index contributed by atoms with van der Waals surface area (Å²) in [5.41, 5.74) is 1.79. The summed E-state index contributed by atoms with van der Waals surface area (Å²) in [5, 5.41) is 3.54. The van der Waals surface area contributed by atoms with Crippen LogP contribution < -0.4 is 10.1 Å². The van der Waals surface area contributed by atoms with Gasteiger partial charge in [-0.3, -0.25) is 0 Å². The molecule has 1 unspecified atom stereocenters. The Morgan fingerprint density at radius 2 is 2.18 bits per heavy atom. The van der Waals surface area contributed by atoms with E-state index in [1.165, 1.54) is 18.4 Å². The normalized spacial score (nSPS) is 18.8. The zero-order chi connectivity index (χ0) is 12.3. The summed E-state index contributed by atoms with van der Waals surface area (Å²) < 4.78 is 5.71. The third-order valence-electron chi connectivity index (χ3n) is 3.89. The lowest BCUT2D eigenvalue weighted by Gasteiger charge is -2.20. The first-order valence-electron chi connectivity index (χ1n) is 6.53. The van der Waals surface area contributed by atoms with E-state index >= 15 is 0 Å². The molecule has 0 radical (unpaired) electrons. The Bertz CT molecular complexity index is 371. The van der Waals surface area contributed by atoms with Crippen molar-refractivity contribution >= 4 is 0 Å². The summed E-state index contributed by atoms with van der Waals surface area (Å²) in [5.74, 6) is 0.970. The van der Waals surface area contributed by atoms with Crippen molar-refractivity contribution in [3.05, 3.63) is 29.8 Å². The molecule has 2 heteroatoms. The Morgan fingerprint density at radius 1 is 1.41 bits per heavy atom. The maximum atomic E-state index is 5.71. The van der Waals surface area contributed by atoms with Crippen molar-refractivity contribution < 1.29 is 4.74 Å². The van der Waals surface area contributed by atoms with E-state index in [-0.39, 0.29) is 0 Å². The molecular weight excluding hydrogens is 210 g/mol. The van der Waals surface area contributed by atoms with Crippen LogP contribution in [0.5, 0.6) is 5.75 Å². The lowest BCUT2D eigenvalue weighted by Crippen LogP contribution is -2.36. The Morgan fingerprint density at radius 3 is 2.82 bits per heavy atom. The van der Waals surface area contributed by atoms with Crippen molar-refractivity contribution in [1.29, 1.82) is 0 Å². The number of benzene rings is 1. The Kier molecular flexibility index (Phi) is 3.72. The van der Waals surface area contributed by atoms with Gasteiger partial charge in [0.05, 0.1) is 0 Å². The first-order chi connectivity index (χ1) is 8.10. The molecule has 1 aromatic carbocycles. The van der Waals surface area contributed by atoms with Gasteiger partial charge in [0.15, 0.2) is 0 Å². The van der Waals surface area contributed by atoms with Gasteiger partial charge in [-0.2, -0.15) is 0 Å². The molecule has 0 heterocycles. The molecule has 1 saturated carbocycles. The van der Waals surface area contributed by atoms with Crippen LogP contribution in [0.15, 0.2) is 24.3 Å². The highest BCUT2D eigenvalue weighted by Crippen LogP contribution is 2.47. The fourth-order valence-electron chi connectivity index (χ4n) is 2.03. The first kappa shape index (κ1) is 12.4. The largest absolute Gasteiger partial charge is 0.492 e. The van der Waals surface area contributed by atoms with Gasteiger partial charge < -0.3 is 10.1 Å². The van der Waals surface area contributed by atoms with Crippen LogP contribution in [0.1, 0.15) is 32.3 Å². The van der Waals surface area contributed by atoms with Crippen molar-refractivity contribution in [3.63, 3.8) is 0 Å². The molecule has 0 amide bonds. The zero-order valence-corrected chi connectivity index (χ0v) is 11.1. The van der Waals surface area contributed by atoms with Gasteiger partial charge in [-0.1, -0.05) is 19.1 Å². The second-order valence-corrected chi connectivity index (χ2v) is 5.49. The molecular formula is C15H23NO. The van der Waals surface area contributed by atoms with Gasteiger partial charge in [0, 0.05) is 12.6 Å². The second kappa shape index (κ2) is 5.09. The number of hydrogen-bond acceptors (Lipinski definition) is 2. The quantitative estimate of drug-likeness (QED) is 0.762. The number of nitrogens with one attached hydrogen (secondary N) is 1. The lowest BCUT2D eigenvalue weighted by molar-refractivity contribution is 0.288. The highest BCUT2D eigenvalue weighted by Gasteiger charge is 2.41. The number of rotatable bonds is 6. The molecule has 0 saturated heterocycles. The molecule has 0 aliphatic heterocycles. The van der Waals surface area contributed by atoms with Crippen LogP contribution in [0.3, 0.4) is 0 Å². The van der Waals surface area contributed by atoms with E-state index in [1.807, 2.05) is 12.1 Å². The molecule has 0 aromatic heterocycles. The van der Waals surface area contributed by atoms with Crippen LogP contribution >= 0.6 is 0 Å². The molecule has 2 rings (SSSR count). The number of aryl methyl sites for hydroxylation is 1. The van der Waals surface area contributed by atoms with Crippen molar-refractivity contribution in [3.8, 4) is 5.75 Å². The average molecular weight is 233 g/mol. The minimum atomic E-state index is 0.545. The van der Waals surface area contributed by atoms with Crippen molar-refractivity contribution in [2.24, 2.45) is 5.41 Å². The molecule has 1 aliphatic rings. The minimum absolute atomic E-state index is 0.545. The standard InChI is InChI=1S/C15H23NO/c1-12-5-4-6-14(11-12)17-10-9-16-13(2)15(3)7-8-15/h4-6,11,13,16H,7-10H2,1-3H3. The number of ether oxygens (including phenoxy) is 1. The predicted molar refractivity (Wildman–Crippen MR) is 71.5 cm³/mol. The molecule has 1 atom stereocenters. The van der Waals surface area contributed by atoms with Crippen molar-refractivity contribution in [2.75, 3.05) is 13.2 Å². The van der Waals surface area contributed by atoms with Gasteiger partial charge in [-0.25, -0.2) is 0 Å². The van der Waals surface area contributed by atoms with E-state index < -0.39 is 0 Å². The van der Waals surface area contributed by atoms with Crippen LogP contribution in [-0.4, -0.2) is 19.2 Å². The molecule has 1 N–H and O–H groups in total. The Hall–Kier alpha value is -1.02. The van der Waals surface area contributed by atoms with Gasteiger partial charge in [-0.05, 0) is 49.8 Å². The van der Waals surface area contributed by atoms with Crippen LogP contribution in [0, 0.1) is 12.3 Å². The summed E-state index contributed by atoms with van der Waals surface area (Å²) in [4.78, 5) is 0. The maximum absolute atomic E-state index is 5.71. The summed E-state index contributed by atoms with van der Waals surface area (Å²) in [6.45, 7) is 8.38. The van der Waals surface area contributed by atoms with Gasteiger partial charge in [0.2, 0.25) is 0 Å². The SMILES string of the molecule is Cc1cccc(OCCNC(C)C2(C)CC2)c1. The van der Waals surface area contributed by atoms with E-state index in [0.29, 0.717) is 11.5 Å². The molecule has 0 bridgehead atoms. The molecule has 1 aliphatic carbocycles. The van der Waals surface area contributed by atoms with E-state index in [2.05, 4.69) is 38.2 Å². The van der Waals surface area contributed by atoms with Gasteiger partial charge >= 0.3 is 0 Å². The van der Waals surface area contributed by atoms with Crippen molar-refractivity contribution in [2.45, 2.75) is 39.7 Å². The van der Waals surface area contributed by atoms with E-state index in [4.69, 9.17) is 4.74 Å². The monoisotopic (exact) mass is 233 g/mol. The predicted octanol–water partition coefficient (Wildman–Crippen LogP) is 3.15. The van der Waals surface area contributed by atoms with E-state index in [9.17, 15) is 0 Å². The molecule has 1 aromatic rings. The second-order valence-electron chi connectivity index (χ2n) is 5.49. The zero-order valence-electron chi connectivity index (χ0n) is 11.1. The summed E-state index contributed by atoms with van der Waals surface area (Å²) in [6.07, 6.45) is 2.72. The molecule has 2 nitrogen and oxygen atoms in total. The van der Waals surface area contributed by atoms with Gasteiger partial charge in [0.25, 0.3) is 0 Å². The Labute approximate surface area is 104 Å². The van der Waals surface area contributed by atoms with Crippen LogP contribution in [0.4, 0.5) is 0 Å². The maximum Gasteiger partial charge on any atom is 0.119 e. The molecule has 94 valence electrons. The minimum Gasteiger partial charge on any atom is -0.492 e. The van der Waals surface area contributed by atoms with Gasteiger partial charge in [-0.15, -0.1) is 0 Å². The van der Waals surface area contributed by atoms with Crippen molar-refractivity contribution in [1.82, 2.24) is 5.32 Å². The van der Waals surface area contributed by atoms with E-state index in [0.717, 1.165) is 18.9 Å². The average Bonchev–Trinajstić information content (AvgIpc) is 3.04. The number of hydrogen-bond donors (Lipinski definition) is 1. The van der Waals surface area contributed by atoms with E-state index in [1.54, 1.807) is 0 Å².